The van der Waals surface area contributed by atoms with Gasteiger partial charge in [0.05, 0.1) is 12.1 Å². The zero-order valence-corrected chi connectivity index (χ0v) is 12.1. The van der Waals surface area contributed by atoms with Crippen LogP contribution in [-0.4, -0.2) is 19.6 Å². The number of halogens is 1. The van der Waals surface area contributed by atoms with Crippen molar-refractivity contribution in [3.8, 4) is 5.75 Å². The van der Waals surface area contributed by atoms with Gasteiger partial charge in [-0.3, -0.25) is 4.79 Å². The van der Waals surface area contributed by atoms with Crippen LogP contribution in [0.3, 0.4) is 0 Å². The van der Waals surface area contributed by atoms with Gasteiger partial charge in [0.25, 0.3) is 0 Å². The molecule has 0 heterocycles. The molecular weight excluding hydrogens is 250 g/mol. The third kappa shape index (κ3) is 3.91. The summed E-state index contributed by atoms with van der Waals surface area (Å²) in [6.07, 6.45) is 0.772. The zero-order chi connectivity index (χ0) is 13.7. The van der Waals surface area contributed by atoms with Gasteiger partial charge in [-0.05, 0) is 36.6 Å². The van der Waals surface area contributed by atoms with Gasteiger partial charge in [-0.25, -0.2) is 0 Å². The van der Waals surface area contributed by atoms with Gasteiger partial charge >= 0.3 is 0 Å². The van der Waals surface area contributed by atoms with Crippen molar-refractivity contribution in [1.29, 1.82) is 0 Å². The van der Waals surface area contributed by atoms with E-state index in [9.17, 15) is 4.79 Å². The Morgan fingerprint density at radius 1 is 1.44 bits per heavy atom. The van der Waals surface area contributed by atoms with Crippen molar-refractivity contribution in [2.45, 2.75) is 27.2 Å². The Morgan fingerprint density at radius 2 is 2.11 bits per heavy atom. The van der Waals surface area contributed by atoms with E-state index in [1.165, 1.54) is 0 Å². The highest BCUT2D eigenvalue weighted by Gasteiger charge is 2.08. The number of carbonyl (C=O) groups is 1. The number of benzene rings is 1. The van der Waals surface area contributed by atoms with Gasteiger partial charge in [-0.2, -0.15) is 0 Å². The van der Waals surface area contributed by atoms with Crippen molar-refractivity contribution in [3.05, 3.63) is 28.3 Å². The van der Waals surface area contributed by atoms with Crippen LogP contribution < -0.4 is 10.1 Å². The first-order valence-electron chi connectivity index (χ1n) is 6.06. The fourth-order valence-electron chi connectivity index (χ4n) is 1.65. The van der Waals surface area contributed by atoms with Crippen LogP contribution in [0.5, 0.6) is 5.75 Å². The molecule has 0 aromatic heterocycles. The summed E-state index contributed by atoms with van der Waals surface area (Å²) in [7, 11) is 1.60. The maximum atomic E-state index is 11.4. The first kappa shape index (κ1) is 14.8. The summed E-state index contributed by atoms with van der Waals surface area (Å²) >= 11 is 6.08. The molecule has 1 aromatic carbocycles. The highest BCUT2D eigenvalue weighted by Crippen LogP contribution is 2.27. The second kappa shape index (κ2) is 6.64. The molecule has 1 aromatic rings. The maximum Gasteiger partial charge on any atom is 0.222 e. The van der Waals surface area contributed by atoms with E-state index in [2.05, 4.69) is 5.32 Å². The highest BCUT2D eigenvalue weighted by molar-refractivity contribution is 6.32. The molecule has 1 N–H and O–H groups in total. The van der Waals surface area contributed by atoms with Crippen molar-refractivity contribution >= 4 is 17.5 Å². The van der Waals surface area contributed by atoms with Crippen LogP contribution in [0.4, 0.5) is 0 Å². The Labute approximate surface area is 113 Å². The zero-order valence-electron chi connectivity index (χ0n) is 11.3. The molecule has 0 aliphatic rings. The minimum atomic E-state index is 0.0190. The molecule has 18 heavy (non-hydrogen) atoms. The predicted molar refractivity (Wildman–Crippen MR) is 74.3 cm³/mol. The minimum Gasteiger partial charge on any atom is -0.495 e. The Balaban J connectivity index is 2.63. The fourth-order valence-corrected chi connectivity index (χ4v) is 1.91. The first-order chi connectivity index (χ1) is 8.45. The van der Waals surface area contributed by atoms with E-state index in [1.807, 2.05) is 32.9 Å². The average Bonchev–Trinajstić information content (AvgIpc) is 2.32. The van der Waals surface area contributed by atoms with Crippen LogP contribution in [0.1, 0.15) is 25.0 Å². The van der Waals surface area contributed by atoms with Crippen molar-refractivity contribution < 1.29 is 9.53 Å². The smallest absolute Gasteiger partial charge is 0.222 e. The molecule has 0 bridgehead atoms. The average molecular weight is 270 g/mol. The van der Waals surface area contributed by atoms with Crippen LogP contribution in [0.15, 0.2) is 12.1 Å². The van der Waals surface area contributed by atoms with Gasteiger partial charge in [0.2, 0.25) is 5.91 Å². The van der Waals surface area contributed by atoms with E-state index in [4.69, 9.17) is 16.3 Å². The summed E-state index contributed by atoms with van der Waals surface area (Å²) in [6.45, 7) is 6.40. The van der Waals surface area contributed by atoms with Crippen LogP contribution >= 0.6 is 11.6 Å². The molecule has 0 aliphatic heterocycles. The molecular formula is C14H20ClNO2. The molecule has 100 valence electrons. The van der Waals surface area contributed by atoms with Crippen molar-refractivity contribution in [2.24, 2.45) is 5.92 Å². The van der Waals surface area contributed by atoms with Crippen LogP contribution in [0.2, 0.25) is 5.02 Å². The van der Waals surface area contributed by atoms with Gasteiger partial charge in [0.1, 0.15) is 5.75 Å². The number of hydrogen-bond acceptors (Lipinski definition) is 2. The van der Waals surface area contributed by atoms with E-state index < -0.39 is 0 Å². The van der Waals surface area contributed by atoms with Crippen molar-refractivity contribution in [1.82, 2.24) is 5.32 Å². The van der Waals surface area contributed by atoms with Gasteiger partial charge < -0.3 is 10.1 Å². The molecule has 1 rings (SSSR count). The number of hydrogen-bond donors (Lipinski definition) is 1. The third-order valence-electron chi connectivity index (χ3n) is 2.83. The summed E-state index contributed by atoms with van der Waals surface area (Å²) in [5, 5.41) is 3.50. The lowest BCUT2D eigenvalue weighted by Gasteiger charge is -2.11. The largest absolute Gasteiger partial charge is 0.495 e. The first-order valence-corrected chi connectivity index (χ1v) is 6.44. The molecule has 4 heteroatoms. The van der Waals surface area contributed by atoms with E-state index in [1.54, 1.807) is 7.11 Å². The number of amides is 1. The molecule has 0 unspecified atom stereocenters. The Kier molecular flexibility index (Phi) is 5.48. The van der Waals surface area contributed by atoms with Crippen LogP contribution in [-0.2, 0) is 11.2 Å². The van der Waals surface area contributed by atoms with Crippen molar-refractivity contribution in [2.75, 3.05) is 13.7 Å². The molecule has 3 nitrogen and oxygen atoms in total. The third-order valence-corrected chi connectivity index (χ3v) is 3.12. The molecule has 0 atom stereocenters. The van der Waals surface area contributed by atoms with E-state index in [-0.39, 0.29) is 11.8 Å². The van der Waals surface area contributed by atoms with Gasteiger partial charge in [0.15, 0.2) is 0 Å². The predicted octanol–water partition coefficient (Wildman–Crippen LogP) is 2.97. The van der Waals surface area contributed by atoms with Crippen LogP contribution in [0.25, 0.3) is 0 Å². The fraction of sp³-hybridized carbons (Fsp3) is 0.500. The molecule has 0 spiro atoms. The quantitative estimate of drug-likeness (QED) is 0.892. The molecule has 0 fully saturated rings. The SMILES string of the molecule is COc1cc(C)c(CCNC(=O)C(C)C)cc1Cl. The lowest BCUT2D eigenvalue weighted by atomic mass is 10.1. The van der Waals surface area contributed by atoms with Crippen molar-refractivity contribution in [3.63, 3.8) is 0 Å². The lowest BCUT2D eigenvalue weighted by Crippen LogP contribution is -2.29. The maximum absolute atomic E-state index is 11.4. The standard InChI is InChI=1S/C14H20ClNO2/c1-9(2)14(17)16-6-5-11-8-12(15)13(18-4)7-10(11)3/h7-9H,5-6H2,1-4H3,(H,16,17). The number of nitrogens with one attached hydrogen (secondary N) is 1. The summed E-state index contributed by atoms with van der Waals surface area (Å²) in [4.78, 5) is 11.4. The van der Waals surface area contributed by atoms with Gasteiger partial charge in [-0.15, -0.1) is 0 Å². The summed E-state index contributed by atoms with van der Waals surface area (Å²) < 4.78 is 5.15. The molecule has 0 saturated heterocycles. The van der Waals surface area contributed by atoms with Gasteiger partial charge in [-0.1, -0.05) is 25.4 Å². The number of aryl methyl sites for hydroxylation is 1. The van der Waals surface area contributed by atoms with Gasteiger partial charge in [0, 0.05) is 12.5 Å². The topological polar surface area (TPSA) is 38.3 Å². The Morgan fingerprint density at radius 3 is 2.67 bits per heavy atom. The Bertz CT molecular complexity index is 430. The number of carbonyl (C=O) groups excluding carboxylic acids is 1. The Hall–Kier alpha value is -1.22. The molecule has 1 amide bonds. The second-order valence-corrected chi connectivity index (χ2v) is 5.02. The molecule has 0 saturated carbocycles. The monoisotopic (exact) mass is 269 g/mol. The van der Waals surface area contributed by atoms with E-state index in [0.29, 0.717) is 17.3 Å². The highest BCUT2D eigenvalue weighted by atomic mass is 35.5. The molecule has 0 aliphatic carbocycles. The van der Waals surface area contributed by atoms with Crippen LogP contribution in [0, 0.1) is 12.8 Å². The minimum absolute atomic E-state index is 0.0190. The lowest BCUT2D eigenvalue weighted by molar-refractivity contribution is -0.123. The summed E-state index contributed by atoms with van der Waals surface area (Å²) in [6, 6.07) is 3.82. The number of rotatable bonds is 5. The number of methoxy groups -OCH3 is 1. The number of ether oxygens (including phenoxy) is 1. The van der Waals surface area contributed by atoms with E-state index in [0.717, 1.165) is 17.5 Å². The summed E-state index contributed by atoms with van der Waals surface area (Å²) in [5.74, 6) is 0.780. The second-order valence-electron chi connectivity index (χ2n) is 4.61. The summed E-state index contributed by atoms with van der Waals surface area (Å²) in [5.41, 5.74) is 2.25. The normalized spacial score (nSPS) is 10.6. The van der Waals surface area contributed by atoms with E-state index >= 15 is 0 Å². The molecule has 0 radical (unpaired) electrons.